The molecule has 0 aliphatic rings. The van der Waals surface area contributed by atoms with E-state index in [9.17, 15) is 4.79 Å². The number of rotatable bonds is 7. The van der Waals surface area contributed by atoms with Gasteiger partial charge in [0.25, 0.3) is 0 Å². The molecule has 25 heavy (non-hydrogen) atoms. The second kappa shape index (κ2) is 7.56. The number of nitrogens with zero attached hydrogens (tertiary/aromatic N) is 1. The van der Waals surface area contributed by atoms with Gasteiger partial charge >= 0.3 is 5.97 Å². The Bertz CT molecular complexity index is 864. The van der Waals surface area contributed by atoms with E-state index in [-0.39, 0.29) is 12.3 Å². The van der Waals surface area contributed by atoms with Gasteiger partial charge in [0, 0.05) is 24.5 Å². The number of aliphatic carboxylic acids is 1. The van der Waals surface area contributed by atoms with Crippen LogP contribution in [0.15, 0.2) is 54.7 Å². The van der Waals surface area contributed by atoms with Gasteiger partial charge in [0.05, 0.1) is 5.52 Å². The summed E-state index contributed by atoms with van der Waals surface area (Å²) in [4.78, 5) is 11.0. The van der Waals surface area contributed by atoms with Crippen LogP contribution in [0.5, 0.6) is 0 Å². The number of hydrogen-bond donors (Lipinski definition) is 1. The lowest BCUT2D eigenvalue weighted by Crippen LogP contribution is -2.05. The van der Waals surface area contributed by atoms with Crippen LogP contribution in [0.3, 0.4) is 0 Å². The molecule has 0 saturated heterocycles. The predicted octanol–water partition coefficient (Wildman–Crippen LogP) is 5.22. The van der Waals surface area contributed by atoms with Crippen LogP contribution in [-0.2, 0) is 17.8 Å². The molecule has 130 valence electrons. The average molecular weight is 335 g/mol. The summed E-state index contributed by atoms with van der Waals surface area (Å²) in [5, 5.41) is 10.3. The topological polar surface area (TPSA) is 42.2 Å². The Morgan fingerprint density at radius 3 is 2.56 bits per heavy atom. The second-order valence-corrected chi connectivity index (χ2v) is 6.69. The summed E-state index contributed by atoms with van der Waals surface area (Å²) in [7, 11) is 0. The van der Waals surface area contributed by atoms with Crippen molar-refractivity contribution in [3.8, 4) is 0 Å². The maximum Gasteiger partial charge on any atom is 0.303 e. The first-order valence-corrected chi connectivity index (χ1v) is 8.96. The number of benzene rings is 2. The van der Waals surface area contributed by atoms with Gasteiger partial charge < -0.3 is 9.67 Å². The van der Waals surface area contributed by atoms with Crippen LogP contribution < -0.4 is 0 Å². The molecule has 0 aliphatic carbocycles. The third-order valence-electron chi connectivity index (χ3n) is 4.95. The van der Waals surface area contributed by atoms with Crippen molar-refractivity contribution in [2.45, 2.75) is 45.6 Å². The lowest BCUT2D eigenvalue weighted by atomic mass is 9.92. The molecule has 0 bridgehead atoms. The smallest absolute Gasteiger partial charge is 0.303 e. The Labute approximate surface area is 148 Å². The maximum absolute atomic E-state index is 11.0. The molecule has 3 heteroatoms. The van der Waals surface area contributed by atoms with E-state index in [2.05, 4.69) is 67.1 Å². The van der Waals surface area contributed by atoms with E-state index in [1.54, 1.807) is 0 Å². The van der Waals surface area contributed by atoms with Crippen LogP contribution in [0.25, 0.3) is 10.9 Å². The van der Waals surface area contributed by atoms with Crippen molar-refractivity contribution in [2.24, 2.45) is 0 Å². The minimum absolute atomic E-state index is 0.206. The lowest BCUT2D eigenvalue weighted by Gasteiger charge is -2.17. The molecule has 3 rings (SSSR count). The number of carboxylic acids is 1. The van der Waals surface area contributed by atoms with Gasteiger partial charge in [-0.05, 0) is 41.5 Å². The van der Waals surface area contributed by atoms with E-state index in [0.717, 1.165) is 13.0 Å². The van der Waals surface area contributed by atoms with Gasteiger partial charge in [-0.1, -0.05) is 56.3 Å². The average Bonchev–Trinajstić information content (AvgIpc) is 3.03. The highest BCUT2D eigenvalue weighted by atomic mass is 16.4. The first kappa shape index (κ1) is 17.3. The summed E-state index contributed by atoms with van der Waals surface area (Å²) in [6.07, 6.45) is 4.02. The van der Waals surface area contributed by atoms with E-state index in [1.807, 2.05) is 6.07 Å². The zero-order chi connectivity index (χ0) is 17.8. The Kier molecular flexibility index (Phi) is 5.22. The number of carboxylic acid groups (broad SMARTS) is 1. The first-order chi connectivity index (χ1) is 12.1. The van der Waals surface area contributed by atoms with Crippen molar-refractivity contribution in [3.63, 3.8) is 0 Å². The third kappa shape index (κ3) is 3.76. The molecule has 0 aliphatic heterocycles. The number of fused-ring (bicyclic) bond motifs is 1. The quantitative estimate of drug-likeness (QED) is 0.643. The lowest BCUT2D eigenvalue weighted by molar-refractivity contribution is -0.137. The minimum atomic E-state index is -0.729. The van der Waals surface area contributed by atoms with Gasteiger partial charge in [-0.15, -0.1) is 0 Å². The Hall–Kier alpha value is -2.55. The van der Waals surface area contributed by atoms with Gasteiger partial charge in [0.1, 0.15) is 0 Å². The van der Waals surface area contributed by atoms with Crippen molar-refractivity contribution < 1.29 is 9.90 Å². The van der Waals surface area contributed by atoms with Crippen LogP contribution >= 0.6 is 0 Å². The summed E-state index contributed by atoms with van der Waals surface area (Å²) >= 11 is 0. The highest BCUT2D eigenvalue weighted by molar-refractivity contribution is 5.87. The first-order valence-electron chi connectivity index (χ1n) is 8.96. The van der Waals surface area contributed by atoms with Crippen molar-refractivity contribution >= 4 is 16.9 Å². The van der Waals surface area contributed by atoms with Crippen molar-refractivity contribution in [3.05, 3.63) is 71.4 Å². The maximum atomic E-state index is 11.0. The van der Waals surface area contributed by atoms with Gasteiger partial charge in [0.2, 0.25) is 0 Å². The number of aryl methyl sites for hydroxylation is 1. The predicted molar refractivity (Wildman–Crippen MR) is 102 cm³/mol. The van der Waals surface area contributed by atoms with Crippen molar-refractivity contribution in [1.29, 1.82) is 0 Å². The fourth-order valence-corrected chi connectivity index (χ4v) is 3.53. The van der Waals surface area contributed by atoms with Crippen LogP contribution in [-0.4, -0.2) is 15.6 Å². The van der Waals surface area contributed by atoms with Crippen LogP contribution in [0.2, 0.25) is 0 Å². The fourth-order valence-electron chi connectivity index (χ4n) is 3.53. The van der Waals surface area contributed by atoms with E-state index in [4.69, 9.17) is 5.11 Å². The molecule has 2 aromatic carbocycles. The Morgan fingerprint density at radius 2 is 1.88 bits per heavy atom. The minimum Gasteiger partial charge on any atom is -0.481 e. The van der Waals surface area contributed by atoms with Gasteiger partial charge in [-0.2, -0.15) is 0 Å². The van der Waals surface area contributed by atoms with E-state index in [0.29, 0.717) is 6.42 Å². The van der Waals surface area contributed by atoms with E-state index >= 15 is 0 Å². The number of carbonyl (C=O) groups is 1. The summed E-state index contributed by atoms with van der Waals surface area (Å²) in [6.45, 7) is 5.14. The molecule has 0 spiro atoms. The third-order valence-corrected chi connectivity index (χ3v) is 4.95. The molecule has 1 atom stereocenters. The summed E-state index contributed by atoms with van der Waals surface area (Å²) in [5.74, 6) is -0.512. The molecule has 3 aromatic rings. The molecule has 0 fully saturated rings. The van der Waals surface area contributed by atoms with Crippen LogP contribution in [0, 0.1) is 0 Å². The molecule has 1 N–H and O–H groups in total. The standard InChI is InChI=1S/C22H25NO2/c1-3-18-10-11-19(16(2)9-12-21(24)25)22-20(18)13-14-23(22)15-17-7-5-4-6-8-17/h4-8,10-11,13-14,16H,3,9,12,15H2,1-2H3,(H,24,25). The van der Waals surface area contributed by atoms with Gasteiger partial charge in [-0.3, -0.25) is 4.79 Å². The van der Waals surface area contributed by atoms with E-state index in [1.165, 1.54) is 27.6 Å². The fraction of sp³-hybridized carbons (Fsp3) is 0.318. The number of aromatic nitrogens is 1. The van der Waals surface area contributed by atoms with E-state index < -0.39 is 5.97 Å². The summed E-state index contributed by atoms with van der Waals surface area (Å²) in [5.41, 5.74) is 5.11. The Balaban J connectivity index is 2.04. The molecule has 0 amide bonds. The van der Waals surface area contributed by atoms with Crippen LogP contribution in [0.1, 0.15) is 49.3 Å². The Morgan fingerprint density at radius 1 is 1.12 bits per heavy atom. The molecule has 0 radical (unpaired) electrons. The zero-order valence-electron chi connectivity index (χ0n) is 14.9. The summed E-state index contributed by atoms with van der Waals surface area (Å²) in [6, 6.07) is 17.0. The molecule has 1 aromatic heterocycles. The highest BCUT2D eigenvalue weighted by Gasteiger charge is 2.16. The van der Waals surface area contributed by atoms with Gasteiger partial charge in [0.15, 0.2) is 0 Å². The molecule has 3 nitrogen and oxygen atoms in total. The normalized spacial score (nSPS) is 12.4. The largest absolute Gasteiger partial charge is 0.481 e. The second-order valence-electron chi connectivity index (χ2n) is 6.69. The monoisotopic (exact) mass is 335 g/mol. The SMILES string of the molecule is CCc1ccc(C(C)CCC(=O)O)c2c1ccn2Cc1ccccc1. The molecule has 1 heterocycles. The van der Waals surface area contributed by atoms with Gasteiger partial charge in [-0.25, -0.2) is 0 Å². The van der Waals surface area contributed by atoms with Crippen molar-refractivity contribution in [2.75, 3.05) is 0 Å². The summed E-state index contributed by atoms with van der Waals surface area (Å²) < 4.78 is 2.30. The molecular weight excluding hydrogens is 310 g/mol. The molecule has 0 saturated carbocycles. The number of hydrogen-bond acceptors (Lipinski definition) is 1. The molecule has 1 unspecified atom stereocenters. The van der Waals surface area contributed by atoms with Crippen molar-refractivity contribution in [1.82, 2.24) is 4.57 Å². The highest BCUT2D eigenvalue weighted by Crippen LogP contribution is 2.32. The zero-order valence-corrected chi connectivity index (χ0v) is 14.9. The molecular formula is C22H25NO2. The van der Waals surface area contributed by atoms with Crippen LogP contribution in [0.4, 0.5) is 0 Å².